The Kier molecular flexibility index (Phi) is 4.22. The number of hydrogen-bond donors (Lipinski definition) is 0. The lowest BCUT2D eigenvalue weighted by atomic mass is 9.90. The smallest absolute Gasteiger partial charge is 0.264 e. The van der Waals surface area contributed by atoms with Crippen LogP contribution in [0.5, 0.6) is 0 Å². The van der Waals surface area contributed by atoms with Gasteiger partial charge in [0.2, 0.25) is 5.95 Å². The zero-order chi connectivity index (χ0) is 16.5. The van der Waals surface area contributed by atoms with E-state index in [9.17, 15) is 4.79 Å². The van der Waals surface area contributed by atoms with E-state index in [-0.39, 0.29) is 5.91 Å². The van der Waals surface area contributed by atoms with Gasteiger partial charge in [-0.05, 0) is 42.9 Å². The van der Waals surface area contributed by atoms with E-state index < -0.39 is 0 Å². The van der Waals surface area contributed by atoms with Crippen LogP contribution < -0.4 is 4.90 Å². The molecule has 2 aliphatic rings. The molecule has 0 spiro atoms. The molecule has 1 amide bonds. The van der Waals surface area contributed by atoms with Gasteiger partial charge in [-0.1, -0.05) is 6.92 Å². The minimum absolute atomic E-state index is 0.190. The highest BCUT2D eigenvalue weighted by molar-refractivity contribution is 7.14. The number of anilines is 1. The van der Waals surface area contributed by atoms with Gasteiger partial charge in [0.1, 0.15) is 0 Å². The molecule has 3 heterocycles. The number of aryl methyl sites for hydroxylation is 1. The summed E-state index contributed by atoms with van der Waals surface area (Å²) in [7, 11) is 0. The number of hydrogen-bond acceptors (Lipinski definition) is 5. The van der Waals surface area contributed by atoms with Crippen LogP contribution in [0.4, 0.5) is 5.95 Å². The number of fused-ring (bicyclic) bond motifs is 1. The minimum Gasteiger partial charge on any atom is -0.337 e. The average molecular weight is 342 g/mol. The van der Waals surface area contributed by atoms with Gasteiger partial charge in [0.25, 0.3) is 5.91 Å². The number of carbonyl (C=O) groups excluding carboxylic acids is 1. The van der Waals surface area contributed by atoms with Gasteiger partial charge < -0.3 is 9.80 Å². The Morgan fingerprint density at radius 2 is 1.96 bits per heavy atom. The molecule has 4 rings (SSSR count). The number of amides is 1. The molecule has 24 heavy (non-hydrogen) atoms. The first kappa shape index (κ1) is 15.6. The predicted molar refractivity (Wildman–Crippen MR) is 95.7 cm³/mol. The molecule has 2 aromatic heterocycles. The molecule has 1 fully saturated rings. The lowest BCUT2D eigenvalue weighted by Gasteiger charge is -2.34. The summed E-state index contributed by atoms with van der Waals surface area (Å²) in [5.41, 5.74) is 1.40. The van der Waals surface area contributed by atoms with Crippen LogP contribution in [-0.2, 0) is 12.8 Å². The summed E-state index contributed by atoms with van der Waals surface area (Å²) < 4.78 is 0. The van der Waals surface area contributed by atoms with Crippen molar-refractivity contribution in [2.75, 3.05) is 31.1 Å². The molecule has 6 heteroatoms. The van der Waals surface area contributed by atoms with Crippen LogP contribution in [0.3, 0.4) is 0 Å². The second-order valence-electron chi connectivity index (χ2n) is 6.74. The monoisotopic (exact) mass is 342 g/mol. The summed E-state index contributed by atoms with van der Waals surface area (Å²) in [6.45, 7) is 5.34. The van der Waals surface area contributed by atoms with E-state index in [1.54, 1.807) is 23.7 Å². The Morgan fingerprint density at radius 3 is 2.71 bits per heavy atom. The van der Waals surface area contributed by atoms with Crippen molar-refractivity contribution in [3.05, 3.63) is 39.8 Å². The van der Waals surface area contributed by atoms with Crippen molar-refractivity contribution in [3.8, 4) is 0 Å². The Balaban J connectivity index is 1.42. The van der Waals surface area contributed by atoms with Crippen LogP contribution in [0.15, 0.2) is 24.5 Å². The number of thiophene rings is 1. The first-order valence-electron chi connectivity index (χ1n) is 8.63. The number of carbonyl (C=O) groups is 1. The van der Waals surface area contributed by atoms with Crippen molar-refractivity contribution in [2.45, 2.75) is 26.2 Å². The second kappa shape index (κ2) is 6.51. The van der Waals surface area contributed by atoms with E-state index in [4.69, 9.17) is 0 Å². The fraction of sp³-hybridized carbons (Fsp3) is 0.500. The van der Waals surface area contributed by atoms with Crippen LogP contribution >= 0.6 is 11.3 Å². The third-order valence-corrected chi connectivity index (χ3v) is 6.17. The lowest BCUT2D eigenvalue weighted by Crippen LogP contribution is -2.49. The molecule has 1 aliphatic heterocycles. The van der Waals surface area contributed by atoms with E-state index in [2.05, 4.69) is 27.9 Å². The Morgan fingerprint density at radius 1 is 1.21 bits per heavy atom. The molecule has 5 nitrogen and oxygen atoms in total. The lowest BCUT2D eigenvalue weighted by molar-refractivity contribution is 0.0751. The van der Waals surface area contributed by atoms with Crippen molar-refractivity contribution in [1.29, 1.82) is 0 Å². The van der Waals surface area contributed by atoms with Gasteiger partial charge in [0.15, 0.2) is 0 Å². The molecule has 0 bridgehead atoms. The molecular formula is C18H22N4OS. The normalized spacial score (nSPS) is 20.8. The number of piperazine rings is 1. The maximum Gasteiger partial charge on any atom is 0.264 e. The van der Waals surface area contributed by atoms with Gasteiger partial charge in [-0.15, -0.1) is 11.3 Å². The summed E-state index contributed by atoms with van der Waals surface area (Å²) in [5, 5.41) is 0. The van der Waals surface area contributed by atoms with Crippen LogP contribution in [0.2, 0.25) is 0 Å². The van der Waals surface area contributed by atoms with Crippen molar-refractivity contribution in [2.24, 2.45) is 5.92 Å². The largest absolute Gasteiger partial charge is 0.337 e. The molecule has 126 valence electrons. The van der Waals surface area contributed by atoms with E-state index in [1.807, 2.05) is 11.0 Å². The number of nitrogens with zero attached hydrogens (tertiary/aromatic N) is 4. The highest BCUT2D eigenvalue weighted by Gasteiger charge is 2.26. The maximum atomic E-state index is 12.8. The highest BCUT2D eigenvalue weighted by Crippen LogP contribution is 2.32. The zero-order valence-corrected chi connectivity index (χ0v) is 14.8. The molecule has 1 saturated heterocycles. The van der Waals surface area contributed by atoms with E-state index in [1.165, 1.54) is 16.9 Å². The topological polar surface area (TPSA) is 49.3 Å². The van der Waals surface area contributed by atoms with Gasteiger partial charge in [0.05, 0.1) is 4.88 Å². The quantitative estimate of drug-likeness (QED) is 0.842. The van der Waals surface area contributed by atoms with E-state index in [0.717, 1.165) is 55.8 Å². The fourth-order valence-corrected chi connectivity index (χ4v) is 4.71. The molecule has 2 aromatic rings. The maximum absolute atomic E-state index is 12.8. The Hall–Kier alpha value is -1.95. The van der Waals surface area contributed by atoms with Crippen molar-refractivity contribution in [1.82, 2.24) is 14.9 Å². The average Bonchev–Trinajstić information content (AvgIpc) is 3.05. The molecule has 0 aromatic carbocycles. The molecular weight excluding hydrogens is 320 g/mol. The second-order valence-corrected chi connectivity index (χ2v) is 7.87. The van der Waals surface area contributed by atoms with Crippen LogP contribution in [0.25, 0.3) is 0 Å². The van der Waals surface area contributed by atoms with E-state index >= 15 is 0 Å². The Labute approximate surface area is 146 Å². The third kappa shape index (κ3) is 3.02. The van der Waals surface area contributed by atoms with Crippen LogP contribution in [0.1, 0.15) is 33.5 Å². The summed E-state index contributed by atoms with van der Waals surface area (Å²) in [5.74, 6) is 1.69. The Bertz CT molecular complexity index is 722. The highest BCUT2D eigenvalue weighted by atomic mass is 32.1. The summed E-state index contributed by atoms with van der Waals surface area (Å²) >= 11 is 1.71. The molecule has 1 aliphatic carbocycles. The van der Waals surface area contributed by atoms with E-state index in [0.29, 0.717) is 0 Å². The number of rotatable bonds is 2. The molecule has 0 unspecified atom stereocenters. The van der Waals surface area contributed by atoms with Crippen molar-refractivity contribution in [3.63, 3.8) is 0 Å². The fourth-order valence-electron chi connectivity index (χ4n) is 3.53. The summed E-state index contributed by atoms with van der Waals surface area (Å²) in [6.07, 6.45) is 7.02. The van der Waals surface area contributed by atoms with Crippen LogP contribution in [-0.4, -0.2) is 47.0 Å². The zero-order valence-electron chi connectivity index (χ0n) is 13.9. The standard InChI is InChI=1S/C18H22N4OS/c1-13-3-4-15-14(11-13)12-16(24-15)17(23)21-7-9-22(10-8-21)18-19-5-2-6-20-18/h2,5-6,12-13H,3-4,7-11H2,1H3/t13-/m0/s1. The van der Waals surface area contributed by atoms with Crippen molar-refractivity contribution >= 4 is 23.2 Å². The molecule has 0 N–H and O–H groups in total. The first-order chi connectivity index (χ1) is 11.7. The predicted octanol–water partition coefficient (Wildman–Crippen LogP) is 2.63. The van der Waals surface area contributed by atoms with Crippen molar-refractivity contribution < 1.29 is 4.79 Å². The number of aromatic nitrogens is 2. The molecule has 0 radical (unpaired) electrons. The molecule has 0 saturated carbocycles. The van der Waals surface area contributed by atoms with Gasteiger partial charge in [0, 0.05) is 43.4 Å². The first-order valence-corrected chi connectivity index (χ1v) is 9.45. The molecule has 1 atom stereocenters. The van der Waals surface area contributed by atoms with Crippen LogP contribution in [0, 0.1) is 5.92 Å². The van der Waals surface area contributed by atoms with Gasteiger partial charge in [-0.3, -0.25) is 4.79 Å². The van der Waals surface area contributed by atoms with Gasteiger partial charge in [-0.2, -0.15) is 0 Å². The minimum atomic E-state index is 0.190. The summed E-state index contributed by atoms with van der Waals surface area (Å²) in [4.78, 5) is 27.9. The van der Waals surface area contributed by atoms with Gasteiger partial charge in [-0.25, -0.2) is 9.97 Å². The van der Waals surface area contributed by atoms with Gasteiger partial charge >= 0.3 is 0 Å². The third-order valence-electron chi connectivity index (χ3n) is 4.94. The SMILES string of the molecule is C[C@H]1CCc2sc(C(=O)N3CCN(c4ncccn4)CC3)cc2C1. The summed E-state index contributed by atoms with van der Waals surface area (Å²) in [6, 6.07) is 3.97.